The van der Waals surface area contributed by atoms with Crippen LogP contribution in [0, 0.1) is 5.41 Å². The van der Waals surface area contributed by atoms with Crippen LogP contribution in [0.25, 0.3) is 10.9 Å². The first kappa shape index (κ1) is 14.7. The molecule has 0 unspecified atom stereocenters. The molecule has 0 saturated heterocycles. The van der Waals surface area contributed by atoms with Gasteiger partial charge in [-0.25, -0.2) is 9.97 Å². The van der Waals surface area contributed by atoms with Crippen molar-refractivity contribution in [2.24, 2.45) is 0 Å². The van der Waals surface area contributed by atoms with Crippen LogP contribution in [0.5, 0.6) is 5.75 Å². The number of aromatic nitrogens is 2. The summed E-state index contributed by atoms with van der Waals surface area (Å²) >= 11 is 0. The van der Waals surface area contributed by atoms with Crippen LogP contribution < -0.4 is 9.64 Å². The average Bonchev–Trinajstić information content (AvgIpc) is 2.62. The fraction of sp³-hybridized carbons (Fsp3) is 0.0556. The van der Waals surface area contributed by atoms with Gasteiger partial charge in [-0.3, -0.25) is 0 Å². The lowest BCUT2D eigenvalue weighted by Crippen LogP contribution is -2.12. The first-order chi connectivity index (χ1) is 11.3. The molecule has 23 heavy (non-hydrogen) atoms. The minimum Gasteiger partial charge on any atom is -0.497 e. The molecule has 0 saturated carbocycles. The van der Waals surface area contributed by atoms with Gasteiger partial charge in [-0.2, -0.15) is 0 Å². The van der Waals surface area contributed by atoms with Crippen LogP contribution >= 0.6 is 0 Å². The Morgan fingerprint density at radius 1 is 1.09 bits per heavy atom. The van der Waals surface area contributed by atoms with Crippen molar-refractivity contribution >= 4 is 28.6 Å². The lowest BCUT2D eigenvalue weighted by molar-refractivity contribution is 0.415. The van der Waals surface area contributed by atoms with E-state index in [0.29, 0.717) is 11.6 Å². The van der Waals surface area contributed by atoms with Gasteiger partial charge >= 0.3 is 0 Å². The van der Waals surface area contributed by atoms with Crippen LogP contribution in [0.1, 0.15) is 5.82 Å². The van der Waals surface area contributed by atoms with Gasteiger partial charge in [-0.1, -0.05) is 18.7 Å². The van der Waals surface area contributed by atoms with Crippen LogP contribution in [0.4, 0.5) is 11.5 Å². The maximum absolute atomic E-state index is 7.46. The third-order valence-electron chi connectivity index (χ3n) is 3.49. The third-order valence-corrected chi connectivity index (χ3v) is 3.49. The summed E-state index contributed by atoms with van der Waals surface area (Å²) in [4.78, 5) is 10.7. The molecule has 114 valence electrons. The molecule has 3 aromatic rings. The number of fused-ring (bicyclic) bond motifs is 1. The smallest absolute Gasteiger partial charge is 0.172 e. The molecule has 5 nitrogen and oxygen atoms in total. The van der Waals surface area contributed by atoms with E-state index in [-0.39, 0.29) is 0 Å². The highest BCUT2D eigenvalue weighted by molar-refractivity contribution is 5.94. The number of benzene rings is 2. The maximum atomic E-state index is 7.46. The number of para-hydroxylation sites is 1. The van der Waals surface area contributed by atoms with E-state index in [9.17, 15) is 0 Å². The van der Waals surface area contributed by atoms with Crippen LogP contribution in [0.2, 0.25) is 0 Å². The molecule has 5 heteroatoms. The van der Waals surface area contributed by atoms with Crippen molar-refractivity contribution in [3.05, 3.63) is 67.1 Å². The van der Waals surface area contributed by atoms with Crippen LogP contribution in [0.3, 0.4) is 0 Å². The minimum atomic E-state index is 0.360. The summed E-state index contributed by atoms with van der Waals surface area (Å²) in [5.74, 6) is 1.83. The van der Waals surface area contributed by atoms with Gasteiger partial charge in [0.25, 0.3) is 0 Å². The van der Waals surface area contributed by atoms with E-state index >= 15 is 0 Å². The molecule has 1 heterocycles. The second-order valence-corrected chi connectivity index (χ2v) is 4.82. The van der Waals surface area contributed by atoms with Gasteiger partial charge in [0, 0.05) is 17.3 Å². The fourth-order valence-corrected chi connectivity index (χ4v) is 2.38. The predicted octanol–water partition coefficient (Wildman–Crippen LogP) is 3.92. The zero-order valence-corrected chi connectivity index (χ0v) is 12.7. The number of anilines is 2. The van der Waals surface area contributed by atoms with Gasteiger partial charge < -0.3 is 15.0 Å². The molecule has 3 rings (SSSR count). The van der Waals surface area contributed by atoms with Crippen molar-refractivity contribution in [2.45, 2.75) is 0 Å². The number of nitrogens with zero attached hydrogens (tertiary/aromatic N) is 3. The number of hydrogen-bond donors (Lipinski definition) is 1. The Morgan fingerprint density at radius 2 is 1.83 bits per heavy atom. The summed E-state index contributed by atoms with van der Waals surface area (Å²) in [5.41, 5.74) is 1.69. The van der Waals surface area contributed by atoms with Crippen molar-refractivity contribution < 1.29 is 4.74 Å². The molecule has 2 aromatic carbocycles. The van der Waals surface area contributed by atoms with Gasteiger partial charge in [0.1, 0.15) is 11.6 Å². The van der Waals surface area contributed by atoms with Crippen LogP contribution in [0.15, 0.2) is 61.3 Å². The van der Waals surface area contributed by atoms with Crippen LogP contribution in [-0.4, -0.2) is 23.3 Å². The normalized spacial score (nSPS) is 10.3. The Balaban J connectivity index is 2.18. The molecule has 0 aliphatic rings. The lowest BCUT2D eigenvalue weighted by Gasteiger charge is -2.21. The van der Waals surface area contributed by atoms with Crippen molar-refractivity contribution in [3.63, 3.8) is 0 Å². The monoisotopic (exact) mass is 304 g/mol. The van der Waals surface area contributed by atoms with E-state index in [1.807, 2.05) is 53.4 Å². The largest absolute Gasteiger partial charge is 0.497 e. The minimum absolute atomic E-state index is 0.360. The average molecular weight is 304 g/mol. The SMILES string of the molecule is C=CN(c1ccc(OC)cc1)c1nc(C=N)nc2ccccc12. The Kier molecular flexibility index (Phi) is 4.01. The summed E-state index contributed by atoms with van der Waals surface area (Å²) in [6, 6.07) is 15.3. The standard InChI is InChI=1S/C18H16N4O/c1-3-22(13-8-10-14(23-2)11-9-13)18-15-6-4-5-7-16(15)20-17(12-19)21-18/h3-12,19H,1H2,2H3. The highest BCUT2D eigenvalue weighted by atomic mass is 16.5. The Morgan fingerprint density at radius 3 is 2.48 bits per heavy atom. The molecule has 0 radical (unpaired) electrons. The van der Waals surface area contributed by atoms with Crippen molar-refractivity contribution in [1.29, 1.82) is 5.41 Å². The topological polar surface area (TPSA) is 62.1 Å². The third kappa shape index (κ3) is 2.76. The second kappa shape index (κ2) is 6.27. The summed E-state index contributed by atoms with van der Waals surface area (Å²) < 4.78 is 5.20. The summed E-state index contributed by atoms with van der Waals surface area (Å²) in [5, 5.41) is 8.36. The summed E-state index contributed by atoms with van der Waals surface area (Å²) in [7, 11) is 1.63. The zero-order chi connectivity index (χ0) is 16.2. The second-order valence-electron chi connectivity index (χ2n) is 4.82. The molecule has 0 atom stereocenters. The number of rotatable bonds is 5. The highest BCUT2D eigenvalue weighted by Crippen LogP contribution is 2.31. The quantitative estimate of drug-likeness (QED) is 0.726. The predicted molar refractivity (Wildman–Crippen MR) is 92.8 cm³/mol. The van der Waals surface area contributed by atoms with Gasteiger partial charge in [-0.15, -0.1) is 0 Å². The van der Waals surface area contributed by atoms with Crippen molar-refractivity contribution in [2.75, 3.05) is 12.0 Å². The molecule has 0 aliphatic heterocycles. The molecule has 0 aliphatic carbocycles. The van der Waals surface area contributed by atoms with Crippen molar-refractivity contribution in [3.8, 4) is 5.75 Å². The Labute approximate surface area is 134 Å². The van der Waals surface area contributed by atoms with E-state index in [1.54, 1.807) is 13.3 Å². The van der Waals surface area contributed by atoms with E-state index in [4.69, 9.17) is 10.1 Å². The molecule has 1 aromatic heterocycles. The number of ether oxygens (including phenoxy) is 1. The Hall–Kier alpha value is -3.21. The summed E-state index contributed by atoms with van der Waals surface area (Å²) in [6.45, 7) is 3.90. The molecule has 0 amide bonds. The summed E-state index contributed by atoms with van der Waals surface area (Å²) in [6.07, 6.45) is 2.84. The first-order valence-electron chi connectivity index (χ1n) is 7.10. The van der Waals surface area contributed by atoms with Gasteiger partial charge in [0.2, 0.25) is 0 Å². The zero-order valence-electron chi connectivity index (χ0n) is 12.7. The number of hydrogen-bond acceptors (Lipinski definition) is 5. The van der Waals surface area contributed by atoms with Gasteiger partial charge in [-0.05, 0) is 36.4 Å². The first-order valence-corrected chi connectivity index (χ1v) is 7.10. The molecular weight excluding hydrogens is 288 g/mol. The molecule has 1 N–H and O–H groups in total. The Bertz CT molecular complexity index is 859. The highest BCUT2D eigenvalue weighted by Gasteiger charge is 2.13. The van der Waals surface area contributed by atoms with E-state index in [1.165, 1.54) is 0 Å². The van der Waals surface area contributed by atoms with Gasteiger partial charge in [0.15, 0.2) is 5.82 Å². The molecular formula is C18H16N4O. The van der Waals surface area contributed by atoms with E-state index in [2.05, 4.69) is 16.5 Å². The molecule has 0 bridgehead atoms. The van der Waals surface area contributed by atoms with Crippen molar-refractivity contribution in [1.82, 2.24) is 9.97 Å². The fourth-order valence-electron chi connectivity index (χ4n) is 2.38. The molecule has 0 spiro atoms. The number of nitrogens with one attached hydrogen (secondary N) is 1. The number of methoxy groups -OCH3 is 1. The molecule has 0 fully saturated rings. The van der Waals surface area contributed by atoms with E-state index < -0.39 is 0 Å². The van der Waals surface area contributed by atoms with Gasteiger partial charge in [0.05, 0.1) is 18.8 Å². The van der Waals surface area contributed by atoms with Crippen LogP contribution in [-0.2, 0) is 0 Å². The van der Waals surface area contributed by atoms with E-state index in [0.717, 1.165) is 28.6 Å². The maximum Gasteiger partial charge on any atom is 0.172 e. The lowest BCUT2D eigenvalue weighted by atomic mass is 10.2.